The number of hydrogen-bond donors (Lipinski definition) is 2. The highest BCUT2D eigenvalue weighted by atomic mass is 16.6. The maximum Gasteiger partial charge on any atom is 0.271 e. The fraction of sp³-hybridized carbons (Fsp3) is 0.455. The van der Waals surface area contributed by atoms with E-state index in [0.717, 1.165) is 25.3 Å². The molecule has 2 N–H and O–H groups in total. The van der Waals surface area contributed by atoms with Crippen LogP contribution in [0.4, 0.5) is 11.4 Å². The second kappa shape index (κ2) is 4.94. The van der Waals surface area contributed by atoms with E-state index < -0.39 is 0 Å². The molecule has 1 aliphatic rings. The number of nitrogens with zero attached hydrogens (tertiary/aromatic N) is 1. The first-order chi connectivity index (χ1) is 7.75. The first-order valence-electron chi connectivity index (χ1n) is 5.45. The molecule has 1 heterocycles. The van der Waals surface area contributed by atoms with E-state index in [9.17, 15) is 10.1 Å². The Hall–Kier alpha value is -1.62. The van der Waals surface area contributed by atoms with Crippen molar-refractivity contribution in [3.8, 4) is 0 Å². The fourth-order valence-corrected chi connectivity index (χ4v) is 1.88. The normalized spacial score (nSPS) is 19.6. The lowest BCUT2D eigenvalue weighted by molar-refractivity contribution is -0.384. The zero-order chi connectivity index (χ0) is 11.4. The van der Waals surface area contributed by atoms with Crippen molar-refractivity contribution < 1.29 is 4.92 Å². The van der Waals surface area contributed by atoms with Crippen LogP contribution in [0.5, 0.6) is 0 Å². The average Bonchev–Trinajstić information content (AvgIpc) is 2.79. The third-order valence-electron chi connectivity index (χ3n) is 2.81. The fourth-order valence-electron chi connectivity index (χ4n) is 1.88. The van der Waals surface area contributed by atoms with Crippen LogP contribution in [0.2, 0.25) is 0 Å². The summed E-state index contributed by atoms with van der Waals surface area (Å²) in [7, 11) is 0. The van der Waals surface area contributed by atoms with Crippen molar-refractivity contribution in [1.82, 2.24) is 5.32 Å². The molecule has 0 radical (unpaired) electrons. The van der Waals surface area contributed by atoms with E-state index in [2.05, 4.69) is 10.6 Å². The first kappa shape index (κ1) is 10.9. The van der Waals surface area contributed by atoms with Crippen molar-refractivity contribution >= 4 is 11.4 Å². The molecule has 1 fully saturated rings. The van der Waals surface area contributed by atoms with Crippen LogP contribution < -0.4 is 10.6 Å². The molecule has 5 nitrogen and oxygen atoms in total. The van der Waals surface area contributed by atoms with E-state index in [1.807, 2.05) is 6.07 Å². The Bertz CT molecular complexity index is 375. The van der Waals surface area contributed by atoms with Gasteiger partial charge in [-0.1, -0.05) is 6.07 Å². The summed E-state index contributed by atoms with van der Waals surface area (Å²) >= 11 is 0. The summed E-state index contributed by atoms with van der Waals surface area (Å²) in [6.07, 6.45) is 1.17. The van der Waals surface area contributed by atoms with Gasteiger partial charge >= 0.3 is 0 Å². The lowest BCUT2D eigenvalue weighted by Gasteiger charge is -2.10. The molecule has 5 heteroatoms. The van der Waals surface area contributed by atoms with Gasteiger partial charge in [0.15, 0.2) is 0 Å². The molecule has 0 amide bonds. The molecule has 1 aromatic rings. The molecule has 0 aromatic heterocycles. The molecule has 0 aliphatic carbocycles. The maximum absolute atomic E-state index is 10.6. The number of hydrogen-bond acceptors (Lipinski definition) is 4. The van der Waals surface area contributed by atoms with Crippen molar-refractivity contribution in [3.63, 3.8) is 0 Å². The highest BCUT2D eigenvalue weighted by molar-refractivity contribution is 5.50. The third kappa shape index (κ3) is 2.70. The SMILES string of the molecule is O=[N+]([O-])c1cccc(NCC2CCNC2)c1. The Morgan fingerprint density at radius 3 is 3.12 bits per heavy atom. The summed E-state index contributed by atoms with van der Waals surface area (Å²) in [4.78, 5) is 10.2. The zero-order valence-corrected chi connectivity index (χ0v) is 8.98. The summed E-state index contributed by atoms with van der Waals surface area (Å²) in [5.41, 5.74) is 0.954. The topological polar surface area (TPSA) is 67.2 Å². The van der Waals surface area contributed by atoms with Gasteiger partial charge in [-0.3, -0.25) is 10.1 Å². The molecule has 1 aliphatic heterocycles. The standard InChI is InChI=1S/C11H15N3O2/c15-14(16)11-3-1-2-10(6-11)13-8-9-4-5-12-7-9/h1-3,6,9,12-13H,4-5,7-8H2. The van der Waals surface area contributed by atoms with Crippen molar-refractivity contribution in [2.24, 2.45) is 5.92 Å². The van der Waals surface area contributed by atoms with E-state index in [1.54, 1.807) is 12.1 Å². The minimum Gasteiger partial charge on any atom is -0.385 e. The van der Waals surface area contributed by atoms with E-state index in [1.165, 1.54) is 12.5 Å². The van der Waals surface area contributed by atoms with Gasteiger partial charge in [0.05, 0.1) is 4.92 Å². The first-order valence-corrected chi connectivity index (χ1v) is 5.45. The van der Waals surface area contributed by atoms with Crippen LogP contribution in [0.1, 0.15) is 6.42 Å². The molecule has 86 valence electrons. The van der Waals surface area contributed by atoms with Crippen LogP contribution in [-0.4, -0.2) is 24.6 Å². The second-order valence-corrected chi connectivity index (χ2v) is 4.05. The number of rotatable bonds is 4. The Morgan fingerprint density at radius 1 is 1.56 bits per heavy atom. The molecule has 0 spiro atoms. The maximum atomic E-state index is 10.6. The summed E-state index contributed by atoms with van der Waals surface area (Å²) in [5.74, 6) is 0.624. The van der Waals surface area contributed by atoms with Crippen LogP contribution in [0, 0.1) is 16.0 Å². The molecular weight excluding hydrogens is 206 g/mol. The molecule has 1 aromatic carbocycles. The Morgan fingerprint density at radius 2 is 2.44 bits per heavy atom. The van der Waals surface area contributed by atoms with E-state index in [0.29, 0.717) is 5.92 Å². The summed E-state index contributed by atoms with van der Waals surface area (Å²) in [6, 6.07) is 6.63. The molecule has 0 bridgehead atoms. The minimum atomic E-state index is -0.373. The van der Waals surface area contributed by atoms with Gasteiger partial charge in [-0.05, 0) is 31.5 Å². The smallest absolute Gasteiger partial charge is 0.271 e. The number of benzene rings is 1. The van der Waals surface area contributed by atoms with Gasteiger partial charge in [0, 0.05) is 24.4 Å². The van der Waals surface area contributed by atoms with Crippen LogP contribution in [0.3, 0.4) is 0 Å². The van der Waals surface area contributed by atoms with Gasteiger partial charge < -0.3 is 10.6 Å². The van der Waals surface area contributed by atoms with Crippen LogP contribution in [0.15, 0.2) is 24.3 Å². The Balaban J connectivity index is 1.93. The highest BCUT2D eigenvalue weighted by Gasteiger charge is 2.14. The number of nitro groups is 1. The average molecular weight is 221 g/mol. The van der Waals surface area contributed by atoms with Gasteiger partial charge in [-0.15, -0.1) is 0 Å². The van der Waals surface area contributed by atoms with Crippen LogP contribution >= 0.6 is 0 Å². The monoisotopic (exact) mass is 221 g/mol. The molecular formula is C11H15N3O2. The molecule has 16 heavy (non-hydrogen) atoms. The second-order valence-electron chi connectivity index (χ2n) is 4.05. The quantitative estimate of drug-likeness (QED) is 0.599. The Labute approximate surface area is 94.0 Å². The van der Waals surface area contributed by atoms with Crippen molar-refractivity contribution in [2.75, 3.05) is 25.0 Å². The largest absolute Gasteiger partial charge is 0.385 e. The highest BCUT2D eigenvalue weighted by Crippen LogP contribution is 2.18. The van der Waals surface area contributed by atoms with Gasteiger partial charge in [0.25, 0.3) is 5.69 Å². The van der Waals surface area contributed by atoms with Crippen LogP contribution in [-0.2, 0) is 0 Å². The molecule has 1 atom stereocenters. The Kier molecular flexibility index (Phi) is 3.36. The number of nitrogens with one attached hydrogen (secondary N) is 2. The van der Waals surface area contributed by atoms with E-state index in [4.69, 9.17) is 0 Å². The molecule has 2 rings (SSSR count). The van der Waals surface area contributed by atoms with Gasteiger partial charge in [-0.25, -0.2) is 0 Å². The lowest BCUT2D eigenvalue weighted by atomic mass is 10.1. The predicted octanol–water partition coefficient (Wildman–Crippen LogP) is 1.62. The number of non-ortho nitro benzene ring substituents is 1. The van der Waals surface area contributed by atoms with Gasteiger partial charge in [0.1, 0.15) is 0 Å². The van der Waals surface area contributed by atoms with Crippen molar-refractivity contribution in [2.45, 2.75) is 6.42 Å². The van der Waals surface area contributed by atoms with Crippen LogP contribution in [0.25, 0.3) is 0 Å². The zero-order valence-electron chi connectivity index (χ0n) is 8.98. The summed E-state index contributed by atoms with van der Waals surface area (Å²) in [6.45, 7) is 2.97. The third-order valence-corrected chi connectivity index (χ3v) is 2.81. The predicted molar refractivity (Wildman–Crippen MR) is 62.6 cm³/mol. The summed E-state index contributed by atoms with van der Waals surface area (Å²) < 4.78 is 0. The number of nitro benzene ring substituents is 1. The number of anilines is 1. The minimum absolute atomic E-state index is 0.134. The van der Waals surface area contributed by atoms with Gasteiger partial charge in [-0.2, -0.15) is 0 Å². The van der Waals surface area contributed by atoms with Crippen molar-refractivity contribution in [3.05, 3.63) is 34.4 Å². The summed E-state index contributed by atoms with van der Waals surface area (Å²) in [5, 5.41) is 17.1. The molecule has 1 saturated heterocycles. The lowest BCUT2D eigenvalue weighted by Crippen LogP contribution is -2.17. The molecule has 1 unspecified atom stereocenters. The van der Waals surface area contributed by atoms with Crippen molar-refractivity contribution in [1.29, 1.82) is 0 Å². The van der Waals surface area contributed by atoms with Gasteiger partial charge in [0.2, 0.25) is 0 Å². The molecule has 0 saturated carbocycles. The van der Waals surface area contributed by atoms with E-state index >= 15 is 0 Å². The van der Waals surface area contributed by atoms with E-state index in [-0.39, 0.29) is 10.6 Å².